The third-order valence-corrected chi connectivity index (χ3v) is 5.80. The SMILES string of the molecule is C=C(/C=C/c1ccc(F)c(F)c1)NC1(C(=O)Nc2ccc(Oc3ccccc3)cc2)CCNCC1. The molecule has 3 N–H and O–H groups in total. The Kier molecular flexibility index (Phi) is 7.57. The maximum Gasteiger partial charge on any atom is 0.250 e. The summed E-state index contributed by atoms with van der Waals surface area (Å²) in [4.78, 5) is 13.4. The van der Waals surface area contributed by atoms with E-state index in [1.54, 1.807) is 36.4 Å². The molecule has 1 fully saturated rings. The number of amides is 1. The minimum Gasteiger partial charge on any atom is -0.457 e. The summed E-state index contributed by atoms with van der Waals surface area (Å²) < 4.78 is 32.4. The largest absolute Gasteiger partial charge is 0.457 e. The van der Waals surface area contributed by atoms with Gasteiger partial charge in [-0.3, -0.25) is 4.79 Å². The molecule has 3 aromatic rings. The number of piperidine rings is 1. The van der Waals surface area contributed by atoms with Crippen molar-refractivity contribution in [2.24, 2.45) is 0 Å². The minimum absolute atomic E-state index is 0.168. The van der Waals surface area contributed by atoms with E-state index in [0.717, 1.165) is 17.9 Å². The maximum absolute atomic E-state index is 13.5. The van der Waals surface area contributed by atoms with Gasteiger partial charge in [-0.1, -0.05) is 36.9 Å². The molecule has 35 heavy (non-hydrogen) atoms. The van der Waals surface area contributed by atoms with Crippen LogP contribution in [0, 0.1) is 11.6 Å². The molecule has 0 saturated carbocycles. The van der Waals surface area contributed by atoms with Gasteiger partial charge in [-0.2, -0.15) is 0 Å². The second kappa shape index (κ2) is 11.0. The third kappa shape index (κ3) is 6.33. The predicted octanol–water partition coefficient (Wildman–Crippen LogP) is 5.63. The molecule has 0 aliphatic carbocycles. The summed E-state index contributed by atoms with van der Waals surface area (Å²) in [5, 5.41) is 9.53. The molecule has 7 heteroatoms. The van der Waals surface area contributed by atoms with Crippen molar-refractivity contribution in [2.45, 2.75) is 18.4 Å². The van der Waals surface area contributed by atoms with Gasteiger partial charge in [0.2, 0.25) is 5.91 Å². The van der Waals surface area contributed by atoms with Crippen LogP contribution in [-0.2, 0) is 4.79 Å². The fourth-order valence-electron chi connectivity index (χ4n) is 3.91. The molecular formula is C28H27F2N3O2. The summed E-state index contributed by atoms with van der Waals surface area (Å²) in [5.41, 5.74) is 0.782. The van der Waals surface area contributed by atoms with Gasteiger partial charge in [0, 0.05) is 11.4 Å². The van der Waals surface area contributed by atoms with Crippen molar-refractivity contribution >= 4 is 17.7 Å². The number of hydrogen-bond acceptors (Lipinski definition) is 4. The molecule has 1 aliphatic rings. The lowest BCUT2D eigenvalue weighted by Crippen LogP contribution is -2.59. The van der Waals surface area contributed by atoms with Gasteiger partial charge in [-0.15, -0.1) is 0 Å². The Hall–Kier alpha value is -3.97. The molecule has 1 heterocycles. The zero-order chi connectivity index (χ0) is 24.7. The average Bonchev–Trinajstić information content (AvgIpc) is 2.87. The van der Waals surface area contributed by atoms with Gasteiger partial charge in [-0.05, 0) is 86.1 Å². The van der Waals surface area contributed by atoms with E-state index in [9.17, 15) is 13.6 Å². The highest BCUT2D eigenvalue weighted by atomic mass is 19.2. The average molecular weight is 476 g/mol. The Morgan fingerprint density at radius 3 is 2.31 bits per heavy atom. The minimum atomic E-state index is -0.917. The Balaban J connectivity index is 1.42. The molecular weight excluding hydrogens is 448 g/mol. The highest BCUT2D eigenvalue weighted by molar-refractivity contribution is 5.98. The molecule has 3 aromatic carbocycles. The zero-order valence-corrected chi connectivity index (χ0v) is 19.2. The van der Waals surface area contributed by atoms with E-state index in [1.807, 2.05) is 30.3 Å². The van der Waals surface area contributed by atoms with Crippen LogP contribution in [0.25, 0.3) is 6.08 Å². The van der Waals surface area contributed by atoms with Crippen LogP contribution >= 0.6 is 0 Å². The normalized spacial score (nSPS) is 14.9. The van der Waals surface area contributed by atoms with Gasteiger partial charge < -0.3 is 20.7 Å². The molecule has 0 bridgehead atoms. The number of hydrogen-bond donors (Lipinski definition) is 3. The smallest absolute Gasteiger partial charge is 0.250 e. The van der Waals surface area contributed by atoms with Crippen molar-refractivity contribution in [3.8, 4) is 11.5 Å². The number of ether oxygens (including phenoxy) is 1. The number of halogens is 2. The Labute approximate surface area is 203 Å². The van der Waals surface area contributed by atoms with E-state index in [-0.39, 0.29) is 5.91 Å². The van der Waals surface area contributed by atoms with Crippen molar-refractivity contribution < 1.29 is 18.3 Å². The first-order chi connectivity index (χ1) is 16.9. The van der Waals surface area contributed by atoms with Crippen molar-refractivity contribution in [1.82, 2.24) is 10.6 Å². The summed E-state index contributed by atoms with van der Waals surface area (Å²) in [6, 6.07) is 20.3. The molecule has 0 aromatic heterocycles. The number of rotatable bonds is 8. The molecule has 4 rings (SSSR count). The lowest BCUT2D eigenvalue weighted by Gasteiger charge is -2.38. The van der Waals surface area contributed by atoms with Crippen molar-refractivity contribution in [3.63, 3.8) is 0 Å². The zero-order valence-electron chi connectivity index (χ0n) is 19.2. The first-order valence-corrected chi connectivity index (χ1v) is 11.4. The van der Waals surface area contributed by atoms with Crippen LogP contribution in [0.1, 0.15) is 18.4 Å². The first kappa shape index (κ1) is 24.2. The second-order valence-electron chi connectivity index (χ2n) is 8.38. The fourth-order valence-corrected chi connectivity index (χ4v) is 3.91. The molecule has 0 radical (unpaired) electrons. The summed E-state index contributed by atoms with van der Waals surface area (Å²) >= 11 is 0. The molecule has 180 valence electrons. The maximum atomic E-state index is 13.5. The molecule has 0 unspecified atom stereocenters. The van der Waals surface area contributed by atoms with Crippen molar-refractivity contribution in [3.05, 3.63) is 108 Å². The molecule has 1 amide bonds. The number of allylic oxidation sites excluding steroid dienone is 1. The number of para-hydroxylation sites is 1. The summed E-state index contributed by atoms with van der Waals surface area (Å²) in [6.07, 6.45) is 4.40. The Morgan fingerprint density at radius 2 is 1.63 bits per heavy atom. The number of carbonyl (C=O) groups is 1. The van der Waals surface area contributed by atoms with E-state index in [1.165, 1.54) is 6.07 Å². The molecule has 0 spiro atoms. The molecule has 1 saturated heterocycles. The standard InChI is InChI=1S/C28H27F2N3O2/c1-20(7-8-21-9-14-25(29)26(30)19-21)33-28(15-17-31-18-16-28)27(34)32-22-10-12-24(13-11-22)35-23-5-3-2-4-6-23/h2-14,19,31,33H,1,15-18H2,(H,32,34)/b8-7+. The van der Waals surface area contributed by atoms with Crippen LogP contribution < -0.4 is 20.7 Å². The highest BCUT2D eigenvalue weighted by Gasteiger charge is 2.39. The third-order valence-electron chi connectivity index (χ3n) is 5.80. The number of carbonyl (C=O) groups excluding carboxylic acids is 1. The van der Waals surface area contributed by atoms with Gasteiger partial charge >= 0.3 is 0 Å². The van der Waals surface area contributed by atoms with E-state index in [0.29, 0.717) is 48.6 Å². The van der Waals surface area contributed by atoms with E-state index >= 15 is 0 Å². The van der Waals surface area contributed by atoms with Crippen LogP contribution in [0.15, 0.2) is 91.1 Å². The molecule has 1 aliphatic heterocycles. The number of nitrogens with one attached hydrogen (secondary N) is 3. The van der Waals surface area contributed by atoms with Crippen LogP contribution in [0.2, 0.25) is 0 Å². The quantitative estimate of drug-likeness (QED) is 0.369. The van der Waals surface area contributed by atoms with E-state index in [4.69, 9.17) is 4.74 Å². The Morgan fingerprint density at radius 1 is 0.943 bits per heavy atom. The second-order valence-corrected chi connectivity index (χ2v) is 8.38. The van der Waals surface area contributed by atoms with Gasteiger partial charge in [0.05, 0.1) is 0 Å². The lowest BCUT2D eigenvalue weighted by molar-refractivity contribution is -0.123. The van der Waals surface area contributed by atoms with Gasteiger partial charge in [-0.25, -0.2) is 8.78 Å². The van der Waals surface area contributed by atoms with Crippen LogP contribution in [0.4, 0.5) is 14.5 Å². The van der Waals surface area contributed by atoms with Gasteiger partial charge in [0.25, 0.3) is 0 Å². The fraction of sp³-hybridized carbons (Fsp3) is 0.179. The molecule has 0 atom stereocenters. The van der Waals surface area contributed by atoms with Crippen molar-refractivity contribution in [2.75, 3.05) is 18.4 Å². The van der Waals surface area contributed by atoms with Crippen molar-refractivity contribution in [1.29, 1.82) is 0 Å². The summed E-state index contributed by atoms with van der Waals surface area (Å²) in [5.74, 6) is -0.584. The summed E-state index contributed by atoms with van der Waals surface area (Å²) in [6.45, 7) is 5.35. The topological polar surface area (TPSA) is 62.4 Å². The first-order valence-electron chi connectivity index (χ1n) is 11.4. The van der Waals surface area contributed by atoms with Crippen LogP contribution in [0.3, 0.4) is 0 Å². The summed E-state index contributed by atoms with van der Waals surface area (Å²) in [7, 11) is 0. The van der Waals surface area contributed by atoms with E-state index < -0.39 is 17.2 Å². The number of benzene rings is 3. The monoisotopic (exact) mass is 475 g/mol. The molecule has 5 nitrogen and oxygen atoms in total. The van der Waals surface area contributed by atoms with Crippen LogP contribution in [0.5, 0.6) is 11.5 Å². The lowest BCUT2D eigenvalue weighted by atomic mass is 9.86. The predicted molar refractivity (Wildman–Crippen MR) is 134 cm³/mol. The number of anilines is 1. The van der Waals surface area contributed by atoms with Gasteiger partial charge in [0.1, 0.15) is 17.0 Å². The van der Waals surface area contributed by atoms with Gasteiger partial charge in [0.15, 0.2) is 11.6 Å². The van der Waals surface area contributed by atoms with E-state index in [2.05, 4.69) is 22.5 Å². The van der Waals surface area contributed by atoms with Crippen LogP contribution in [-0.4, -0.2) is 24.5 Å². The Bertz CT molecular complexity index is 1200. The highest BCUT2D eigenvalue weighted by Crippen LogP contribution is 2.26.